The number of anilines is 1. The molecule has 0 radical (unpaired) electrons. The Morgan fingerprint density at radius 1 is 1.22 bits per heavy atom. The molecule has 0 atom stereocenters. The number of benzene rings is 1. The monoisotopic (exact) mass is 409 g/mol. The number of aromatic nitrogens is 4. The summed E-state index contributed by atoms with van der Waals surface area (Å²) < 4.78 is 13.9. The molecule has 2 aromatic heterocycles. The smallest absolute Gasteiger partial charge is 0.276 e. The highest BCUT2D eigenvalue weighted by molar-refractivity contribution is 6.42. The lowest BCUT2D eigenvalue weighted by Crippen LogP contribution is -2.14. The second-order valence-electron chi connectivity index (χ2n) is 5.41. The highest BCUT2D eigenvalue weighted by atomic mass is 35.5. The van der Waals surface area contributed by atoms with E-state index >= 15 is 0 Å². The van der Waals surface area contributed by atoms with Gasteiger partial charge in [0.05, 0.1) is 23.1 Å². The van der Waals surface area contributed by atoms with E-state index < -0.39 is 0 Å². The average molecular weight is 410 g/mol. The van der Waals surface area contributed by atoms with Crippen LogP contribution in [0, 0.1) is 0 Å². The summed E-state index contributed by atoms with van der Waals surface area (Å²) in [5.74, 6) is 0.0814. The van der Waals surface area contributed by atoms with E-state index in [0.29, 0.717) is 34.8 Å². The Bertz CT molecular complexity index is 925. The van der Waals surface area contributed by atoms with Gasteiger partial charge in [0.25, 0.3) is 5.91 Å². The molecule has 0 unspecified atom stereocenters. The molecule has 10 heteroatoms. The lowest BCUT2D eigenvalue weighted by Gasteiger charge is -2.08. The topological polar surface area (TPSA) is 83.2 Å². The van der Waals surface area contributed by atoms with Crippen LogP contribution in [0.4, 0.5) is 5.69 Å². The first-order valence-corrected chi connectivity index (χ1v) is 8.84. The van der Waals surface area contributed by atoms with Gasteiger partial charge in [-0.1, -0.05) is 29.3 Å². The molecular weight excluding hydrogens is 393 g/mol. The highest BCUT2D eigenvalue weighted by Gasteiger charge is 2.12. The quantitative estimate of drug-likeness (QED) is 0.613. The number of carbonyl (C=O) groups is 1. The van der Waals surface area contributed by atoms with Crippen LogP contribution in [0.2, 0.25) is 10.0 Å². The molecule has 0 saturated carbocycles. The molecule has 0 aliphatic rings. The van der Waals surface area contributed by atoms with Gasteiger partial charge in [0.15, 0.2) is 12.4 Å². The summed E-state index contributed by atoms with van der Waals surface area (Å²) in [6, 6.07) is 6.69. The van der Waals surface area contributed by atoms with Gasteiger partial charge < -0.3 is 14.8 Å². The molecule has 0 aliphatic carbocycles. The van der Waals surface area contributed by atoms with Gasteiger partial charge >= 0.3 is 0 Å². The number of rotatable bonds is 8. The van der Waals surface area contributed by atoms with Gasteiger partial charge in [-0.15, -0.1) is 0 Å². The third-order valence-electron chi connectivity index (χ3n) is 3.46. The maximum absolute atomic E-state index is 12.3. The van der Waals surface area contributed by atoms with Crippen molar-refractivity contribution in [1.29, 1.82) is 0 Å². The number of amides is 1. The number of carbonyl (C=O) groups excluding carboxylic acids is 1. The van der Waals surface area contributed by atoms with Crippen molar-refractivity contribution in [2.24, 2.45) is 0 Å². The van der Waals surface area contributed by atoms with Gasteiger partial charge in [-0.25, -0.2) is 9.36 Å². The van der Waals surface area contributed by atoms with Gasteiger partial charge in [-0.2, -0.15) is 10.2 Å². The Balaban J connectivity index is 1.57. The Kier molecular flexibility index (Phi) is 6.33. The predicted molar refractivity (Wildman–Crippen MR) is 101 cm³/mol. The lowest BCUT2D eigenvalue weighted by atomic mass is 10.3. The van der Waals surface area contributed by atoms with Crippen molar-refractivity contribution in [3.63, 3.8) is 0 Å². The Morgan fingerprint density at radius 3 is 2.89 bits per heavy atom. The van der Waals surface area contributed by atoms with E-state index in [-0.39, 0.29) is 18.3 Å². The Morgan fingerprint density at radius 2 is 2.07 bits per heavy atom. The zero-order valence-corrected chi connectivity index (χ0v) is 15.9. The van der Waals surface area contributed by atoms with Gasteiger partial charge in [0.2, 0.25) is 0 Å². The molecule has 1 N–H and O–H groups in total. The van der Waals surface area contributed by atoms with E-state index in [1.54, 1.807) is 41.3 Å². The summed E-state index contributed by atoms with van der Waals surface area (Å²) in [7, 11) is 0. The molecule has 1 aromatic carbocycles. The molecule has 0 bridgehead atoms. The van der Waals surface area contributed by atoms with Gasteiger partial charge in [-0.05, 0) is 25.1 Å². The minimum atomic E-state index is -0.356. The number of halogens is 2. The summed E-state index contributed by atoms with van der Waals surface area (Å²) in [6.45, 7) is 2.89. The molecule has 0 saturated heterocycles. The zero-order chi connectivity index (χ0) is 19.2. The van der Waals surface area contributed by atoms with Crippen molar-refractivity contribution in [2.45, 2.75) is 20.4 Å². The Hall–Kier alpha value is -2.55. The molecule has 0 spiro atoms. The van der Waals surface area contributed by atoms with Crippen molar-refractivity contribution < 1.29 is 14.3 Å². The van der Waals surface area contributed by atoms with Crippen molar-refractivity contribution in [1.82, 2.24) is 19.6 Å². The first kappa shape index (κ1) is 19.2. The normalized spacial score (nSPS) is 10.8. The minimum Gasteiger partial charge on any atom is -0.470 e. The third kappa shape index (κ3) is 5.00. The van der Waals surface area contributed by atoms with Crippen LogP contribution < -0.4 is 10.1 Å². The summed E-state index contributed by atoms with van der Waals surface area (Å²) in [4.78, 5) is 12.3. The van der Waals surface area contributed by atoms with E-state index in [1.807, 2.05) is 6.92 Å². The van der Waals surface area contributed by atoms with E-state index in [1.165, 1.54) is 10.9 Å². The fourth-order valence-electron chi connectivity index (χ4n) is 2.16. The first-order chi connectivity index (χ1) is 13.1. The van der Waals surface area contributed by atoms with Crippen LogP contribution in [-0.2, 0) is 18.2 Å². The molecule has 0 fully saturated rings. The van der Waals surface area contributed by atoms with E-state index in [2.05, 4.69) is 15.5 Å². The lowest BCUT2D eigenvalue weighted by molar-refractivity contribution is 0.0792. The molecule has 3 rings (SSSR count). The fraction of sp³-hybridized carbons (Fsp3) is 0.235. The van der Waals surface area contributed by atoms with Crippen LogP contribution in [0.25, 0.3) is 0 Å². The van der Waals surface area contributed by atoms with Crippen molar-refractivity contribution in [2.75, 3.05) is 11.9 Å². The number of nitrogens with one attached hydrogen (secondary N) is 1. The number of hydrogen-bond acceptors (Lipinski definition) is 5. The van der Waals surface area contributed by atoms with Crippen molar-refractivity contribution in [3.05, 3.63) is 58.6 Å². The first-order valence-electron chi connectivity index (χ1n) is 8.08. The highest BCUT2D eigenvalue weighted by Crippen LogP contribution is 2.31. The maximum Gasteiger partial charge on any atom is 0.276 e. The van der Waals surface area contributed by atoms with E-state index in [9.17, 15) is 4.79 Å². The van der Waals surface area contributed by atoms with Crippen LogP contribution in [0.15, 0.2) is 42.9 Å². The molecule has 142 valence electrons. The molecule has 8 nitrogen and oxygen atoms in total. The number of hydrogen-bond donors (Lipinski definition) is 1. The molecule has 2 heterocycles. The second kappa shape index (κ2) is 8.90. The largest absolute Gasteiger partial charge is 0.470 e. The third-order valence-corrected chi connectivity index (χ3v) is 4.26. The van der Waals surface area contributed by atoms with Gasteiger partial charge in [-0.3, -0.25) is 4.79 Å². The zero-order valence-electron chi connectivity index (χ0n) is 14.4. The van der Waals surface area contributed by atoms with E-state index in [0.717, 1.165) is 0 Å². The summed E-state index contributed by atoms with van der Waals surface area (Å²) in [6.07, 6.45) is 4.85. The summed E-state index contributed by atoms with van der Waals surface area (Å²) in [5.41, 5.74) is 0.796. The van der Waals surface area contributed by atoms with Crippen LogP contribution in [0.5, 0.6) is 5.75 Å². The fourth-order valence-corrected chi connectivity index (χ4v) is 2.51. The molecule has 1 amide bonds. The van der Waals surface area contributed by atoms with E-state index in [4.69, 9.17) is 32.7 Å². The van der Waals surface area contributed by atoms with Crippen LogP contribution in [-0.4, -0.2) is 32.1 Å². The molecule has 0 aliphatic heterocycles. The van der Waals surface area contributed by atoms with Gasteiger partial charge in [0, 0.05) is 12.8 Å². The summed E-state index contributed by atoms with van der Waals surface area (Å²) in [5, 5.41) is 11.7. The predicted octanol–water partition coefficient (Wildman–Crippen LogP) is 3.67. The molecular formula is C17H17Cl2N5O3. The van der Waals surface area contributed by atoms with Crippen molar-refractivity contribution in [3.8, 4) is 5.75 Å². The van der Waals surface area contributed by atoms with Crippen molar-refractivity contribution >= 4 is 34.8 Å². The number of nitrogens with zero attached hydrogens (tertiary/aromatic N) is 4. The van der Waals surface area contributed by atoms with Crippen LogP contribution >= 0.6 is 23.2 Å². The second-order valence-corrected chi connectivity index (χ2v) is 6.20. The molecule has 27 heavy (non-hydrogen) atoms. The number of ether oxygens (including phenoxy) is 2. The molecule has 3 aromatic rings. The van der Waals surface area contributed by atoms with Crippen LogP contribution in [0.3, 0.4) is 0 Å². The SMILES string of the molecule is CCOCn1cc(NC(=O)c2ccn(COc3cccc(Cl)c3Cl)n2)cn1. The van der Waals surface area contributed by atoms with Crippen LogP contribution in [0.1, 0.15) is 17.4 Å². The summed E-state index contributed by atoms with van der Waals surface area (Å²) >= 11 is 12.0. The minimum absolute atomic E-state index is 0.0830. The standard InChI is InChI=1S/C17H17Cl2N5O3/c1-2-26-10-24-9-12(8-20-24)21-17(25)14-6-7-23(22-14)11-27-15-5-3-4-13(18)16(15)19/h3-9H,2,10-11H2,1H3,(H,21,25). The van der Waals surface area contributed by atoms with Gasteiger partial charge in [0.1, 0.15) is 17.5 Å². The Labute approximate surface area is 165 Å². The average Bonchev–Trinajstić information content (AvgIpc) is 3.30. The maximum atomic E-state index is 12.3.